The van der Waals surface area contributed by atoms with Crippen molar-refractivity contribution in [3.63, 3.8) is 0 Å². The van der Waals surface area contributed by atoms with Gasteiger partial charge in [0.2, 0.25) is 5.88 Å². The van der Waals surface area contributed by atoms with Gasteiger partial charge in [0.05, 0.1) is 32.1 Å². The number of benzene rings is 3. The van der Waals surface area contributed by atoms with E-state index in [1.807, 2.05) is 25.1 Å². The van der Waals surface area contributed by atoms with Crippen molar-refractivity contribution >= 4 is 49.9 Å². The third-order valence-corrected chi connectivity index (χ3v) is 11.0. The SMILES string of the molecule is CCOc1ncccc1C1(Nc2ccc(C3CN(CC)C3)cc2)C(=O)N(S(=O)(=O)c2ccc(OC)cc2OC)c2ccc(I)cc21. The number of likely N-dealkylation sites (tertiary alicyclic amines) is 1. The van der Waals surface area contributed by atoms with Crippen molar-refractivity contribution in [3.05, 3.63) is 99.3 Å². The zero-order valence-corrected chi connectivity index (χ0v) is 29.0. The lowest BCUT2D eigenvalue weighted by atomic mass is 9.83. The molecule has 0 aliphatic carbocycles. The number of fused-ring (bicyclic) bond motifs is 1. The molecule has 10 nitrogen and oxygen atoms in total. The number of methoxy groups -OCH3 is 2. The number of anilines is 2. The van der Waals surface area contributed by atoms with Crippen molar-refractivity contribution in [3.8, 4) is 17.4 Å². The second-order valence-corrected chi connectivity index (χ2v) is 14.1. The van der Waals surface area contributed by atoms with Gasteiger partial charge in [0.25, 0.3) is 15.9 Å². The van der Waals surface area contributed by atoms with Crippen LogP contribution in [0.2, 0.25) is 0 Å². The maximum atomic E-state index is 15.1. The van der Waals surface area contributed by atoms with Crippen LogP contribution in [0.5, 0.6) is 17.4 Å². The first-order chi connectivity index (χ1) is 22.2. The highest BCUT2D eigenvalue weighted by Crippen LogP contribution is 2.51. The predicted octanol–water partition coefficient (Wildman–Crippen LogP) is 5.61. The van der Waals surface area contributed by atoms with Gasteiger partial charge in [0.15, 0.2) is 5.54 Å². The number of nitrogens with zero attached hydrogens (tertiary/aromatic N) is 3. The number of sulfonamides is 1. The van der Waals surface area contributed by atoms with Gasteiger partial charge in [0.1, 0.15) is 16.4 Å². The van der Waals surface area contributed by atoms with Crippen molar-refractivity contribution in [2.45, 2.75) is 30.2 Å². The van der Waals surface area contributed by atoms with Crippen LogP contribution in [0.3, 0.4) is 0 Å². The Labute approximate surface area is 282 Å². The Bertz CT molecular complexity index is 1880. The fourth-order valence-electron chi connectivity index (χ4n) is 6.16. The Morgan fingerprint density at radius 3 is 2.41 bits per heavy atom. The standard InChI is InChI=1S/C34H35IN4O6S/c1-5-38-20-23(21-38)22-9-12-25(13-10-22)37-34(27-8-7-17-36-32(27)45-6-2)28-18-24(35)11-15-29(28)39(33(34)40)46(41,42)31-16-14-26(43-3)19-30(31)44-4/h7-19,23,37H,5-6,20-21H2,1-4H3. The highest BCUT2D eigenvalue weighted by Gasteiger charge is 2.58. The Morgan fingerprint density at radius 2 is 1.74 bits per heavy atom. The molecule has 0 saturated carbocycles. The Kier molecular flexibility index (Phi) is 8.87. The summed E-state index contributed by atoms with van der Waals surface area (Å²) in [5, 5.41) is 3.48. The first-order valence-corrected chi connectivity index (χ1v) is 17.5. The fourth-order valence-corrected chi connectivity index (χ4v) is 8.26. The number of carbonyl (C=O) groups excluding carboxylic acids is 1. The van der Waals surface area contributed by atoms with Gasteiger partial charge in [-0.3, -0.25) is 4.79 Å². The van der Waals surface area contributed by atoms with Gasteiger partial charge in [-0.25, -0.2) is 13.4 Å². The summed E-state index contributed by atoms with van der Waals surface area (Å²) in [4.78, 5) is 21.8. The maximum absolute atomic E-state index is 15.1. The monoisotopic (exact) mass is 754 g/mol. The average molecular weight is 755 g/mol. The minimum Gasteiger partial charge on any atom is -0.497 e. The molecule has 1 unspecified atom stereocenters. The molecule has 1 N–H and O–H groups in total. The molecule has 0 spiro atoms. The number of ether oxygens (including phenoxy) is 3. The van der Waals surface area contributed by atoms with Crippen LogP contribution in [0.4, 0.5) is 11.4 Å². The number of amides is 1. The van der Waals surface area contributed by atoms with E-state index in [1.165, 1.54) is 38.0 Å². The fraction of sp³-hybridized carbons (Fsp3) is 0.294. The molecule has 1 amide bonds. The Balaban J connectivity index is 1.54. The van der Waals surface area contributed by atoms with E-state index in [2.05, 4.69) is 56.8 Å². The molecule has 1 saturated heterocycles. The number of carbonyl (C=O) groups is 1. The first kappa shape index (κ1) is 32.1. The molecule has 3 heterocycles. The molecule has 46 heavy (non-hydrogen) atoms. The third-order valence-electron chi connectivity index (χ3n) is 8.55. The number of halogens is 1. The highest BCUT2D eigenvalue weighted by molar-refractivity contribution is 14.1. The second-order valence-electron chi connectivity index (χ2n) is 11.1. The van der Waals surface area contributed by atoms with Crippen LogP contribution in [-0.2, 0) is 20.4 Å². The van der Waals surface area contributed by atoms with Crippen molar-refractivity contribution in [2.75, 3.05) is 50.1 Å². The normalized spacial score (nSPS) is 18.2. The molecular weight excluding hydrogens is 719 g/mol. The molecule has 6 rings (SSSR count). The summed E-state index contributed by atoms with van der Waals surface area (Å²) >= 11 is 2.17. The quantitative estimate of drug-likeness (QED) is 0.196. The number of likely N-dealkylation sites (N-methyl/N-ethyl adjacent to an activating group) is 1. The lowest BCUT2D eigenvalue weighted by Gasteiger charge is -2.39. The summed E-state index contributed by atoms with van der Waals surface area (Å²) in [5.74, 6) is 0.412. The lowest BCUT2D eigenvalue weighted by Crippen LogP contribution is -2.49. The van der Waals surface area contributed by atoms with E-state index in [0.717, 1.165) is 27.5 Å². The van der Waals surface area contributed by atoms with Gasteiger partial charge in [-0.2, -0.15) is 4.31 Å². The first-order valence-electron chi connectivity index (χ1n) is 15.0. The largest absolute Gasteiger partial charge is 0.497 e. The van der Waals surface area contributed by atoms with Crippen LogP contribution < -0.4 is 23.8 Å². The molecule has 3 aromatic carbocycles. The summed E-state index contributed by atoms with van der Waals surface area (Å²) in [6.45, 7) is 7.32. The average Bonchev–Trinajstić information content (AvgIpc) is 3.29. The van der Waals surface area contributed by atoms with Crippen LogP contribution in [0.15, 0.2) is 83.9 Å². The van der Waals surface area contributed by atoms with E-state index in [0.29, 0.717) is 35.1 Å². The Hall–Kier alpha value is -3.88. The van der Waals surface area contributed by atoms with E-state index in [4.69, 9.17) is 14.2 Å². The number of hydrogen-bond donors (Lipinski definition) is 1. The van der Waals surface area contributed by atoms with Crippen LogP contribution in [0, 0.1) is 3.57 Å². The number of aromatic nitrogens is 1. The molecule has 2 aliphatic rings. The molecule has 240 valence electrons. The van der Waals surface area contributed by atoms with Gasteiger partial charge >= 0.3 is 0 Å². The van der Waals surface area contributed by atoms with Gasteiger partial charge in [0, 0.05) is 46.1 Å². The van der Waals surface area contributed by atoms with Crippen molar-refractivity contribution < 1.29 is 27.4 Å². The molecular formula is C34H35IN4O6S. The van der Waals surface area contributed by atoms with Crippen LogP contribution in [-0.4, -0.2) is 64.7 Å². The number of hydrogen-bond acceptors (Lipinski definition) is 9. The molecule has 1 fully saturated rings. The molecule has 0 radical (unpaired) electrons. The van der Waals surface area contributed by atoms with Crippen molar-refractivity contribution in [1.82, 2.24) is 9.88 Å². The summed E-state index contributed by atoms with van der Waals surface area (Å²) in [6.07, 6.45) is 1.58. The van der Waals surface area contributed by atoms with Gasteiger partial charge in [-0.05, 0) is 96.2 Å². The zero-order valence-electron chi connectivity index (χ0n) is 26.0. The summed E-state index contributed by atoms with van der Waals surface area (Å²) in [7, 11) is -1.65. The van der Waals surface area contributed by atoms with Crippen molar-refractivity contribution in [1.29, 1.82) is 0 Å². The molecule has 1 aromatic heterocycles. The number of rotatable bonds is 11. The third kappa shape index (κ3) is 5.35. The van der Waals surface area contributed by atoms with Gasteiger partial charge < -0.3 is 24.4 Å². The van der Waals surface area contributed by atoms with Crippen LogP contribution in [0.1, 0.15) is 36.5 Å². The summed E-state index contributed by atoms with van der Waals surface area (Å²) in [5.41, 5.74) is 1.21. The van der Waals surface area contributed by atoms with Crippen LogP contribution >= 0.6 is 22.6 Å². The van der Waals surface area contributed by atoms with E-state index in [1.54, 1.807) is 30.5 Å². The molecule has 12 heteroatoms. The molecule has 4 aromatic rings. The van der Waals surface area contributed by atoms with E-state index in [9.17, 15) is 8.42 Å². The molecule has 2 aliphatic heterocycles. The minimum atomic E-state index is -4.50. The van der Waals surface area contributed by atoms with Gasteiger partial charge in [-0.1, -0.05) is 19.1 Å². The van der Waals surface area contributed by atoms with E-state index < -0.39 is 21.5 Å². The Morgan fingerprint density at radius 1 is 0.978 bits per heavy atom. The lowest BCUT2D eigenvalue weighted by molar-refractivity contribution is -0.120. The molecule has 1 atom stereocenters. The zero-order chi connectivity index (χ0) is 32.6. The summed E-state index contributed by atoms with van der Waals surface area (Å²) in [6, 6.07) is 21.1. The predicted molar refractivity (Wildman–Crippen MR) is 184 cm³/mol. The second kappa shape index (κ2) is 12.7. The van der Waals surface area contributed by atoms with E-state index >= 15 is 4.79 Å². The van der Waals surface area contributed by atoms with Gasteiger partial charge in [-0.15, -0.1) is 0 Å². The van der Waals surface area contributed by atoms with E-state index in [-0.39, 0.29) is 22.2 Å². The summed E-state index contributed by atoms with van der Waals surface area (Å²) < 4.78 is 47.5. The van der Waals surface area contributed by atoms with Crippen LogP contribution in [0.25, 0.3) is 0 Å². The molecule has 0 bridgehead atoms. The maximum Gasteiger partial charge on any atom is 0.276 e. The van der Waals surface area contributed by atoms with Crippen molar-refractivity contribution in [2.24, 2.45) is 0 Å². The number of pyridine rings is 1. The minimum absolute atomic E-state index is 0.0503. The highest BCUT2D eigenvalue weighted by atomic mass is 127. The topological polar surface area (TPSA) is 110 Å². The smallest absolute Gasteiger partial charge is 0.276 e. The number of nitrogens with one attached hydrogen (secondary N) is 1.